The summed E-state index contributed by atoms with van der Waals surface area (Å²) in [5.41, 5.74) is 0.133. The van der Waals surface area contributed by atoms with Crippen molar-refractivity contribution in [3.63, 3.8) is 0 Å². The van der Waals surface area contributed by atoms with Gasteiger partial charge >= 0.3 is 0 Å². The van der Waals surface area contributed by atoms with Crippen LogP contribution < -0.4 is 10.9 Å². The van der Waals surface area contributed by atoms with E-state index >= 15 is 0 Å². The molecule has 0 amide bonds. The Morgan fingerprint density at radius 3 is 2.86 bits per heavy atom. The fourth-order valence-electron chi connectivity index (χ4n) is 3.25. The molecule has 0 bridgehead atoms. The molecule has 1 unspecified atom stereocenters. The maximum atomic E-state index is 13.3. The van der Waals surface area contributed by atoms with Gasteiger partial charge in [0.1, 0.15) is 5.82 Å². The lowest BCUT2D eigenvalue weighted by Crippen LogP contribution is -2.45. The predicted octanol–water partition coefficient (Wildman–Crippen LogP) is 2.35. The van der Waals surface area contributed by atoms with E-state index in [1.54, 1.807) is 0 Å². The molecule has 1 aliphatic rings. The van der Waals surface area contributed by atoms with Gasteiger partial charge in [-0.3, -0.25) is 9.78 Å². The van der Waals surface area contributed by atoms with Crippen molar-refractivity contribution in [2.24, 2.45) is 0 Å². The van der Waals surface area contributed by atoms with Crippen LogP contribution in [0.4, 0.5) is 10.3 Å². The molecule has 22 heavy (non-hydrogen) atoms. The van der Waals surface area contributed by atoms with Gasteiger partial charge in [-0.1, -0.05) is 12.8 Å². The predicted molar refractivity (Wildman–Crippen MR) is 85.7 cm³/mol. The third-order valence-corrected chi connectivity index (χ3v) is 4.38. The van der Waals surface area contributed by atoms with Crippen LogP contribution in [0.5, 0.6) is 0 Å². The second kappa shape index (κ2) is 6.04. The fourth-order valence-corrected chi connectivity index (χ4v) is 3.25. The monoisotopic (exact) mass is 304 g/mol. The van der Waals surface area contributed by atoms with Gasteiger partial charge in [-0.05, 0) is 39.1 Å². The number of halogens is 1. The van der Waals surface area contributed by atoms with Gasteiger partial charge < -0.3 is 10.2 Å². The van der Waals surface area contributed by atoms with E-state index in [2.05, 4.69) is 34.3 Å². The van der Waals surface area contributed by atoms with Crippen LogP contribution >= 0.6 is 0 Å². The average Bonchev–Trinajstić information content (AvgIpc) is 2.47. The number of likely N-dealkylation sites (N-methyl/N-ethyl adjacent to an activating group) is 1. The molecule has 0 radical (unpaired) electrons. The smallest absolute Gasteiger partial charge is 0.260 e. The topological polar surface area (TPSA) is 61.0 Å². The van der Waals surface area contributed by atoms with Crippen LogP contribution in [-0.2, 0) is 0 Å². The van der Waals surface area contributed by atoms with Crippen LogP contribution in [0.1, 0.15) is 25.7 Å². The third kappa shape index (κ3) is 2.97. The molecule has 1 fully saturated rings. The lowest BCUT2D eigenvalue weighted by molar-refractivity contribution is 0.211. The Kier molecular flexibility index (Phi) is 4.11. The summed E-state index contributed by atoms with van der Waals surface area (Å²) in [5.74, 6) is 0.0298. The van der Waals surface area contributed by atoms with E-state index in [4.69, 9.17) is 0 Å². The highest BCUT2D eigenvalue weighted by molar-refractivity contribution is 5.78. The van der Waals surface area contributed by atoms with Crippen LogP contribution in [0, 0.1) is 5.82 Å². The van der Waals surface area contributed by atoms with Gasteiger partial charge in [0.2, 0.25) is 5.95 Å². The maximum absolute atomic E-state index is 13.3. The highest BCUT2D eigenvalue weighted by Gasteiger charge is 2.27. The lowest BCUT2D eigenvalue weighted by Gasteiger charge is -2.36. The minimum atomic E-state index is -0.389. The van der Waals surface area contributed by atoms with Gasteiger partial charge in [0.05, 0.1) is 10.9 Å². The van der Waals surface area contributed by atoms with Crippen LogP contribution in [0.3, 0.4) is 0 Å². The van der Waals surface area contributed by atoms with E-state index in [1.165, 1.54) is 24.6 Å². The summed E-state index contributed by atoms with van der Waals surface area (Å²) in [6.07, 6.45) is 4.53. The van der Waals surface area contributed by atoms with E-state index in [1.807, 2.05) is 0 Å². The molecule has 1 aliphatic carbocycles. The number of hydrogen-bond donors (Lipinski definition) is 2. The zero-order chi connectivity index (χ0) is 15.7. The lowest BCUT2D eigenvalue weighted by atomic mass is 9.89. The van der Waals surface area contributed by atoms with Crippen molar-refractivity contribution in [1.82, 2.24) is 14.9 Å². The van der Waals surface area contributed by atoms with Crippen molar-refractivity contribution in [1.29, 1.82) is 0 Å². The van der Waals surface area contributed by atoms with Crippen molar-refractivity contribution in [2.75, 3.05) is 19.4 Å². The first-order chi connectivity index (χ1) is 10.5. The molecule has 1 heterocycles. The number of hydrogen-bond acceptors (Lipinski definition) is 4. The van der Waals surface area contributed by atoms with E-state index in [0.717, 1.165) is 19.3 Å². The van der Waals surface area contributed by atoms with E-state index in [0.29, 0.717) is 22.9 Å². The Morgan fingerprint density at radius 2 is 2.09 bits per heavy atom. The van der Waals surface area contributed by atoms with Gasteiger partial charge in [-0.15, -0.1) is 0 Å². The quantitative estimate of drug-likeness (QED) is 0.914. The van der Waals surface area contributed by atoms with E-state index in [-0.39, 0.29) is 17.4 Å². The zero-order valence-corrected chi connectivity index (χ0v) is 12.9. The van der Waals surface area contributed by atoms with Crippen LogP contribution in [0.2, 0.25) is 0 Å². The van der Waals surface area contributed by atoms with Gasteiger partial charge in [0, 0.05) is 18.2 Å². The number of nitrogens with one attached hydrogen (secondary N) is 2. The van der Waals surface area contributed by atoms with Crippen molar-refractivity contribution < 1.29 is 4.39 Å². The summed E-state index contributed by atoms with van der Waals surface area (Å²) < 4.78 is 13.3. The van der Waals surface area contributed by atoms with E-state index in [9.17, 15) is 9.18 Å². The van der Waals surface area contributed by atoms with Gasteiger partial charge in [0.15, 0.2) is 0 Å². The number of aromatic nitrogens is 2. The molecule has 1 saturated carbocycles. The molecule has 2 aromatic rings. The Morgan fingerprint density at radius 1 is 1.32 bits per heavy atom. The Hall–Kier alpha value is -1.95. The largest absolute Gasteiger partial charge is 0.351 e. The van der Waals surface area contributed by atoms with Crippen molar-refractivity contribution in [2.45, 2.75) is 37.8 Å². The molecule has 0 aliphatic heterocycles. The Balaban J connectivity index is 1.91. The molecule has 2 atom stereocenters. The first-order valence-corrected chi connectivity index (χ1v) is 7.67. The molecule has 118 valence electrons. The molecule has 1 aromatic carbocycles. The number of anilines is 1. The highest BCUT2D eigenvalue weighted by atomic mass is 19.1. The summed E-state index contributed by atoms with van der Waals surface area (Å²) in [7, 11) is 4.13. The molecule has 2 N–H and O–H groups in total. The minimum Gasteiger partial charge on any atom is -0.351 e. The molecule has 3 rings (SSSR count). The molecule has 0 saturated heterocycles. The van der Waals surface area contributed by atoms with Gasteiger partial charge in [0.25, 0.3) is 5.56 Å². The summed E-state index contributed by atoms with van der Waals surface area (Å²) in [6, 6.07) is 4.67. The normalized spacial score (nSPS) is 22.2. The summed E-state index contributed by atoms with van der Waals surface area (Å²) in [5, 5.41) is 3.74. The number of H-pyrrole nitrogens is 1. The number of nitrogens with zero attached hydrogens (tertiary/aromatic N) is 2. The maximum Gasteiger partial charge on any atom is 0.260 e. The third-order valence-electron chi connectivity index (χ3n) is 4.38. The average molecular weight is 304 g/mol. The Labute approximate surface area is 128 Å². The SMILES string of the molecule is CN(C)[C@@H]1CCCCC1Nc1nc2cc(F)ccc2c(=O)[nH]1. The molecule has 6 heteroatoms. The first kappa shape index (κ1) is 15.0. The number of rotatable bonds is 3. The van der Waals surface area contributed by atoms with Gasteiger partial charge in [-0.25, -0.2) is 9.37 Å². The molecule has 5 nitrogen and oxygen atoms in total. The number of fused-ring (bicyclic) bond motifs is 1. The summed E-state index contributed by atoms with van der Waals surface area (Å²) >= 11 is 0. The van der Waals surface area contributed by atoms with Crippen molar-refractivity contribution in [3.8, 4) is 0 Å². The van der Waals surface area contributed by atoms with Crippen LogP contribution in [-0.4, -0.2) is 41.0 Å². The summed E-state index contributed by atoms with van der Waals surface area (Å²) in [4.78, 5) is 21.4. The summed E-state index contributed by atoms with van der Waals surface area (Å²) in [6.45, 7) is 0. The van der Waals surface area contributed by atoms with Crippen LogP contribution in [0.25, 0.3) is 10.9 Å². The number of aromatic amines is 1. The minimum absolute atomic E-state index is 0.234. The molecular formula is C16H21FN4O. The van der Waals surface area contributed by atoms with Crippen LogP contribution in [0.15, 0.2) is 23.0 Å². The standard InChI is InChI=1S/C16H21FN4O/c1-21(2)14-6-4-3-5-12(14)18-16-19-13-9-10(17)7-8-11(13)15(22)20-16/h7-9,12,14H,3-6H2,1-2H3,(H2,18,19,20,22)/t12?,14-/m1/s1. The fraction of sp³-hybridized carbons (Fsp3) is 0.500. The second-order valence-electron chi connectivity index (χ2n) is 6.14. The second-order valence-corrected chi connectivity index (χ2v) is 6.14. The van der Waals surface area contributed by atoms with Gasteiger partial charge in [-0.2, -0.15) is 0 Å². The zero-order valence-electron chi connectivity index (χ0n) is 12.9. The highest BCUT2D eigenvalue weighted by Crippen LogP contribution is 2.24. The number of benzene rings is 1. The molecule has 1 aromatic heterocycles. The Bertz CT molecular complexity index is 728. The van der Waals surface area contributed by atoms with Crippen molar-refractivity contribution in [3.05, 3.63) is 34.4 Å². The first-order valence-electron chi connectivity index (χ1n) is 7.67. The molecule has 0 spiro atoms. The molecular weight excluding hydrogens is 283 g/mol. The van der Waals surface area contributed by atoms with E-state index < -0.39 is 0 Å². The van der Waals surface area contributed by atoms with Crippen molar-refractivity contribution >= 4 is 16.9 Å².